The van der Waals surface area contributed by atoms with Crippen molar-refractivity contribution in [3.63, 3.8) is 0 Å². The van der Waals surface area contributed by atoms with Gasteiger partial charge in [0.05, 0.1) is 4.92 Å². The molecule has 19 heavy (non-hydrogen) atoms. The van der Waals surface area contributed by atoms with Crippen molar-refractivity contribution in [2.24, 2.45) is 0 Å². The molecule has 0 spiro atoms. The third kappa shape index (κ3) is 4.18. The van der Waals surface area contributed by atoms with Gasteiger partial charge in [-0.15, -0.1) is 11.6 Å². The molecule has 0 heterocycles. The van der Waals surface area contributed by atoms with Gasteiger partial charge in [0.2, 0.25) is 0 Å². The maximum Gasteiger partial charge on any atom is 0.271 e. The van der Waals surface area contributed by atoms with Crippen LogP contribution in [0.1, 0.15) is 24.2 Å². The highest BCUT2D eigenvalue weighted by Gasteiger charge is 2.21. The van der Waals surface area contributed by atoms with E-state index in [9.17, 15) is 14.9 Å². The van der Waals surface area contributed by atoms with Crippen LogP contribution in [0.5, 0.6) is 0 Å². The van der Waals surface area contributed by atoms with Crippen LogP contribution in [0.15, 0.2) is 22.7 Å². The standard InChI is InChI=1S/C12H14BrClN2O3/c1-8(2)15(4-3-14)12(17)9-5-10(13)7-11(6-9)16(18)19/h5-8H,3-4H2,1-2H3. The predicted molar refractivity (Wildman–Crippen MR) is 77.7 cm³/mol. The Morgan fingerprint density at radius 1 is 1.47 bits per heavy atom. The molecule has 0 bridgehead atoms. The minimum Gasteiger partial charge on any atom is -0.335 e. The van der Waals surface area contributed by atoms with Gasteiger partial charge in [-0.05, 0) is 19.9 Å². The van der Waals surface area contributed by atoms with Gasteiger partial charge < -0.3 is 4.90 Å². The molecule has 1 amide bonds. The molecule has 0 saturated carbocycles. The van der Waals surface area contributed by atoms with E-state index >= 15 is 0 Å². The summed E-state index contributed by atoms with van der Waals surface area (Å²) in [5, 5.41) is 10.8. The largest absolute Gasteiger partial charge is 0.335 e. The number of nitrogens with zero attached hydrogens (tertiary/aromatic N) is 2. The molecule has 0 fully saturated rings. The highest BCUT2D eigenvalue weighted by Crippen LogP contribution is 2.22. The molecule has 104 valence electrons. The number of hydrogen-bond donors (Lipinski definition) is 0. The number of halogens is 2. The molecule has 0 aliphatic carbocycles. The maximum atomic E-state index is 12.3. The Bertz CT molecular complexity index is 494. The third-order valence-electron chi connectivity index (χ3n) is 2.55. The number of non-ortho nitro benzene ring substituents is 1. The lowest BCUT2D eigenvalue weighted by Gasteiger charge is -2.26. The topological polar surface area (TPSA) is 63.5 Å². The molecular weight excluding hydrogens is 336 g/mol. The van der Waals surface area contributed by atoms with E-state index in [0.717, 1.165) is 0 Å². The summed E-state index contributed by atoms with van der Waals surface area (Å²) >= 11 is 8.85. The highest BCUT2D eigenvalue weighted by molar-refractivity contribution is 9.10. The quantitative estimate of drug-likeness (QED) is 0.464. The first kappa shape index (κ1) is 15.9. The van der Waals surface area contributed by atoms with Gasteiger partial charge in [0.1, 0.15) is 0 Å². The summed E-state index contributed by atoms with van der Waals surface area (Å²) in [7, 11) is 0. The molecule has 0 atom stereocenters. The molecule has 1 aromatic rings. The molecule has 0 aromatic heterocycles. The number of hydrogen-bond acceptors (Lipinski definition) is 3. The number of carbonyl (C=O) groups is 1. The van der Waals surface area contributed by atoms with E-state index in [-0.39, 0.29) is 23.2 Å². The van der Waals surface area contributed by atoms with Crippen LogP contribution in [0, 0.1) is 10.1 Å². The van der Waals surface area contributed by atoms with E-state index in [1.165, 1.54) is 12.1 Å². The zero-order valence-electron chi connectivity index (χ0n) is 10.6. The van der Waals surface area contributed by atoms with Crippen LogP contribution in [0.3, 0.4) is 0 Å². The molecular formula is C12H14BrClN2O3. The van der Waals surface area contributed by atoms with E-state index in [4.69, 9.17) is 11.6 Å². The molecule has 0 radical (unpaired) electrons. The van der Waals surface area contributed by atoms with Gasteiger partial charge in [-0.2, -0.15) is 0 Å². The van der Waals surface area contributed by atoms with Gasteiger partial charge in [-0.25, -0.2) is 0 Å². The second-order valence-electron chi connectivity index (χ2n) is 4.24. The number of alkyl halides is 1. The summed E-state index contributed by atoms with van der Waals surface area (Å²) in [6.07, 6.45) is 0. The van der Waals surface area contributed by atoms with Gasteiger partial charge in [-0.1, -0.05) is 15.9 Å². The zero-order chi connectivity index (χ0) is 14.6. The summed E-state index contributed by atoms with van der Waals surface area (Å²) in [5.41, 5.74) is 0.159. The molecule has 5 nitrogen and oxygen atoms in total. The van der Waals surface area contributed by atoms with E-state index in [1.807, 2.05) is 13.8 Å². The van der Waals surface area contributed by atoms with Crippen LogP contribution in [0.4, 0.5) is 5.69 Å². The maximum absolute atomic E-state index is 12.3. The summed E-state index contributed by atoms with van der Waals surface area (Å²) in [4.78, 5) is 24.2. The first-order chi connectivity index (χ1) is 8.86. The average Bonchev–Trinajstić information content (AvgIpc) is 2.33. The fourth-order valence-electron chi connectivity index (χ4n) is 1.65. The summed E-state index contributed by atoms with van der Waals surface area (Å²) in [5.74, 6) is 0.0556. The Kier molecular flexibility index (Phi) is 5.75. The van der Waals surface area contributed by atoms with Crippen molar-refractivity contribution in [3.8, 4) is 0 Å². The van der Waals surface area contributed by atoms with Crippen LogP contribution >= 0.6 is 27.5 Å². The van der Waals surface area contributed by atoms with Crippen molar-refractivity contribution in [1.29, 1.82) is 0 Å². The van der Waals surface area contributed by atoms with Crippen LogP contribution < -0.4 is 0 Å². The second-order valence-corrected chi connectivity index (χ2v) is 5.53. The molecule has 1 aromatic carbocycles. The van der Waals surface area contributed by atoms with E-state index in [0.29, 0.717) is 16.9 Å². The number of rotatable bonds is 5. The Morgan fingerprint density at radius 3 is 2.58 bits per heavy atom. The summed E-state index contributed by atoms with van der Waals surface area (Å²) in [6.45, 7) is 4.14. The first-order valence-electron chi connectivity index (χ1n) is 5.68. The summed E-state index contributed by atoms with van der Waals surface area (Å²) in [6, 6.07) is 4.18. The lowest BCUT2D eigenvalue weighted by Crippen LogP contribution is -2.38. The lowest BCUT2D eigenvalue weighted by molar-refractivity contribution is -0.385. The fourth-order valence-corrected chi connectivity index (χ4v) is 2.32. The molecule has 1 rings (SSSR count). The van der Waals surface area contributed by atoms with Crippen molar-refractivity contribution in [2.45, 2.75) is 19.9 Å². The van der Waals surface area contributed by atoms with Gasteiger partial charge in [0.15, 0.2) is 0 Å². The minimum absolute atomic E-state index is 0.0238. The minimum atomic E-state index is -0.525. The third-order valence-corrected chi connectivity index (χ3v) is 3.18. The molecule has 0 saturated heterocycles. The number of nitro groups is 1. The van der Waals surface area contributed by atoms with E-state index in [1.54, 1.807) is 11.0 Å². The van der Waals surface area contributed by atoms with Crippen LogP contribution in [0.2, 0.25) is 0 Å². The molecule has 0 N–H and O–H groups in total. The monoisotopic (exact) mass is 348 g/mol. The number of benzene rings is 1. The molecule has 0 unspecified atom stereocenters. The average molecular weight is 350 g/mol. The molecule has 0 aliphatic rings. The second kappa shape index (κ2) is 6.86. The predicted octanol–water partition coefficient (Wildman–Crippen LogP) is 3.45. The normalized spacial score (nSPS) is 10.6. The SMILES string of the molecule is CC(C)N(CCCl)C(=O)c1cc(Br)cc([N+](=O)[O-])c1. The van der Waals surface area contributed by atoms with Crippen molar-refractivity contribution in [2.75, 3.05) is 12.4 Å². The van der Waals surface area contributed by atoms with Crippen LogP contribution in [-0.2, 0) is 0 Å². The van der Waals surface area contributed by atoms with Crippen molar-refractivity contribution < 1.29 is 9.72 Å². The fraction of sp³-hybridized carbons (Fsp3) is 0.417. The van der Waals surface area contributed by atoms with Crippen molar-refractivity contribution >= 4 is 39.1 Å². The van der Waals surface area contributed by atoms with Gasteiger partial charge in [0.25, 0.3) is 11.6 Å². The van der Waals surface area contributed by atoms with E-state index < -0.39 is 4.92 Å². The highest BCUT2D eigenvalue weighted by atomic mass is 79.9. The summed E-state index contributed by atoms with van der Waals surface area (Å²) < 4.78 is 0.500. The Balaban J connectivity index is 3.13. The smallest absolute Gasteiger partial charge is 0.271 e. The van der Waals surface area contributed by atoms with Crippen molar-refractivity contribution in [1.82, 2.24) is 4.90 Å². The lowest BCUT2D eigenvalue weighted by atomic mass is 10.1. The Morgan fingerprint density at radius 2 is 2.11 bits per heavy atom. The zero-order valence-corrected chi connectivity index (χ0v) is 12.9. The van der Waals surface area contributed by atoms with E-state index in [2.05, 4.69) is 15.9 Å². The van der Waals surface area contributed by atoms with Crippen molar-refractivity contribution in [3.05, 3.63) is 38.3 Å². The Labute approximate surface area is 124 Å². The van der Waals surface area contributed by atoms with Crippen LogP contribution in [0.25, 0.3) is 0 Å². The number of carbonyl (C=O) groups excluding carboxylic acids is 1. The number of amides is 1. The van der Waals surface area contributed by atoms with Gasteiger partial charge in [0, 0.05) is 40.6 Å². The number of nitro benzene ring substituents is 1. The first-order valence-corrected chi connectivity index (χ1v) is 7.01. The van der Waals surface area contributed by atoms with Gasteiger partial charge in [-0.3, -0.25) is 14.9 Å². The Hall–Kier alpha value is -1.14. The molecule has 0 aliphatic heterocycles. The van der Waals surface area contributed by atoms with Crippen LogP contribution in [-0.4, -0.2) is 34.2 Å². The molecule has 7 heteroatoms. The van der Waals surface area contributed by atoms with Gasteiger partial charge >= 0.3 is 0 Å².